The number of halogens is 1. The Bertz CT molecular complexity index is 616. The monoisotopic (exact) mass is 319 g/mol. The maximum atomic E-state index is 13.8. The molecule has 0 N–H and O–H groups in total. The lowest BCUT2D eigenvalue weighted by molar-refractivity contribution is -0.386. The lowest BCUT2D eigenvalue weighted by Gasteiger charge is -2.41. The van der Waals surface area contributed by atoms with Crippen molar-refractivity contribution < 1.29 is 9.31 Å². The van der Waals surface area contributed by atoms with Gasteiger partial charge >= 0.3 is 5.69 Å². The van der Waals surface area contributed by atoms with Crippen molar-refractivity contribution in [3.8, 4) is 0 Å². The Labute approximate surface area is 135 Å². The quantitative estimate of drug-likeness (QED) is 0.635. The van der Waals surface area contributed by atoms with Crippen LogP contribution in [0.5, 0.6) is 0 Å². The summed E-state index contributed by atoms with van der Waals surface area (Å²) in [6.07, 6.45) is 5.48. The highest BCUT2D eigenvalue weighted by atomic mass is 19.1. The summed E-state index contributed by atoms with van der Waals surface area (Å²) < 4.78 is 13.8. The summed E-state index contributed by atoms with van der Waals surface area (Å²) in [6, 6.07) is 5.08. The Morgan fingerprint density at radius 2 is 1.91 bits per heavy atom. The second kappa shape index (κ2) is 5.74. The third kappa shape index (κ3) is 2.59. The van der Waals surface area contributed by atoms with Gasteiger partial charge in [0.05, 0.1) is 4.92 Å². The van der Waals surface area contributed by atoms with Gasteiger partial charge in [-0.25, -0.2) is 0 Å². The highest BCUT2D eigenvalue weighted by molar-refractivity contribution is 5.64. The van der Waals surface area contributed by atoms with Gasteiger partial charge in [0.15, 0.2) is 0 Å². The number of para-hydroxylation sites is 1. The van der Waals surface area contributed by atoms with E-state index in [-0.39, 0.29) is 5.69 Å². The average molecular weight is 319 g/mol. The first-order valence-electron chi connectivity index (χ1n) is 8.55. The van der Waals surface area contributed by atoms with E-state index in [2.05, 4.69) is 4.90 Å². The molecule has 3 aliphatic rings. The van der Waals surface area contributed by atoms with Crippen LogP contribution in [-0.4, -0.2) is 42.0 Å². The molecule has 2 bridgehead atoms. The van der Waals surface area contributed by atoms with E-state index in [4.69, 9.17) is 0 Å². The van der Waals surface area contributed by atoms with Gasteiger partial charge in [-0.1, -0.05) is 12.5 Å². The highest BCUT2D eigenvalue weighted by Crippen LogP contribution is 2.46. The summed E-state index contributed by atoms with van der Waals surface area (Å²) in [6.45, 7) is 3.31. The molecular weight excluding hydrogens is 297 g/mol. The largest absolute Gasteiger partial charge is 0.363 e. The molecule has 1 saturated heterocycles. The van der Waals surface area contributed by atoms with Gasteiger partial charge in [0.1, 0.15) is 5.69 Å². The normalized spacial score (nSPS) is 30.8. The van der Waals surface area contributed by atoms with Crippen molar-refractivity contribution in [2.24, 2.45) is 11.8 Å². The number of nitro benzene ring substituents is 1. The number of anilines is 1. The van der Waals surface area contributed by atoms with Crippen molar-refractivity contribution in [1.82, 2.24) is 4.90 Å². The number of nitro groups is 1. The van der Waals surface area contributed by atoms with Gasteiger partial charge in [0.25, 0.3) is 0 Å². The van der Waals surface area contributed by atoms with Crippen LogP contribution < -0.4 is 4.90 Å². The first-order chi connectivity index (χ1) is 11.1. The lowest BCUT2D eigenvalue weighted by atomic mass is 9.93. The summed E-state index contributed by atoms with van der Waals surface area (Å²) in [5, 5.41) is 11.2. The molecule has 2 saturated carbocycles. The van der Waals surface area contributed by atoms with Gasteiger partial charge in [0.2, 0.25) is 5.82 Å². The van der Waals surface area contributed by atoms with Crippen LogP contribution in [0.4, 0.5) is 15.8 Å². The van der Waals surface area contributed by atoms with Crippen molar-refractivity contribution in [3.05, 3.63) is 34.1 Å². The van der Waals surface area contributed by atoms with Gasteiger partial charge in [-0.05, 0) is 43.2 Å². The molecule has 2 aliphatic carbocycles. The number of benzene rings is 1. The van der Waals surface area contributed by atoms with Crippen LogP contribution in [-0.2, 0) is 0 Å². The van der Waals surface area contributed by atoms with E-state index in [0.717, 1.165) is 44.1 Å². The smallest absolute Gasteiger partial charge is 0.327 e. The number of nitrogens with zero attached hydrogens (tertiary/aromatic N) is 3. The molecule has 1 aliphatic heterocycles. The van der Waals surface area contributed by atoms with Crippen molar-refractivity contribution in [3.63, 3.8) is 0 Å². The third-order valence-corrected chi connectivity index (χ3v) is 5.97. The second-order valence-electron chi connectivity index (χ2n) is 7.13. The van der Waals surface area contributed by atoms with Crippen molar-refractivity contribution in [1.29, 1.82) is 0 Å². The fourth-order valence-electron chi connectivity index (χ4n) is 4.89. The SMILES string of the molecule is O=[N+]([O-])c1c(F)cccc1N1CCN(C2CC3CCC2C3)CC1. The third-order valence-electron chi connectivity index (χ3n) is 5.97. The van der Waals surface area contributed by atoms with E-state index in [1.54, 1.807) is 12.1 Å². The number of hydrogen-bond acceptors (Lipinski definition) is 4. The first kappa shape index (κ1) is 14.9. The molecule has 1 heterocycles. The topological polar surface area (TPSA) is 49.6 Å². The molecule has 23 heavy (non-hydrogen) atoms. The number of rotatable bonds is 3. The summed E-state index contributed by atoms with van der Waals surface area (Å²) in [5.41, 5.74) is 0.0310. The maximum Gasteiger partial charge on any atom is 0.327 e. The van der Waals surface area contributed by atoms with Crippen LogP contribution in [0.1, 0.15) is 25.7 Å². The molecule has 124 valence electrons. The summed E-state index contributed by atoms with van der Waals surface area (Å²) in [7, 11) is 0. The van der Waals surface area contributed by atoms with Crippen LogP contribution in [0.25, 0.3) is 0 Å². The second-order valence-corrected chi connectivity index (χ2v) is 7.13. The van der Waals surface area contributed by atoms with E-state index in [9.17, 15) is 14.5 Å². The molecule has 3 fully saturated rings. The van der Waals surface area contributed by atoms with Crippen molar-refractivity contribution in [2.45, 2.75) is 31.7 Å². The van der Waals surface area contributed by atoms with Crippen molar-refractivity contribution >= 4 is 11.4 Å². The van der Waals surface area contributed by atoms with Gasteiger partial charge < -0.3 is 4.90 Å². The fourth-order valence-corrected chi connectivity index (χ4v) is 4.89. The van der Waals surface area contributed by atoms with Crippen LogP contribution in [0.3, 0.4) is 0 Å². The van der Waals surface area contributed by atoms with Crippen LogP contribution >= 0.6 is 0 Å². The molecule has 4 rings (SSSR count). The zero-order valence-electron chi connectivity index (χ0n) is 13.2. The minimum Gasteiger partial charge on any atom is -0.363 e. The number of fused-ring (bicyclic) bond motifs is 2. The minimum atomic E-state index is -0.747. The van der Waals surface area contributed by atoms with Gasteiger partial charge in [0, 0.05) is 32.2 Å². The molecule has 0 aromatic heterocycles. The molecule has 1 aromatic rings. The highest BCUT2D eigenvalue weighted by Gasteiger charge is 2.43. The molecule has 3 atom stereocenters. The van der Waals surface area contributed by atoms with E-state index < -0.39 is 10.7 Å². The predicted octanol–water partition coefficient (Wildman–Crippen LogP) is 3.04. The molecule has 3 unspecified atom stereocenters. The Balaban J connectivity index is 1.46. The zero-order valence-corrected chi connectivity index (χ0v) is 13.2. The predicted molar refractivity (Wildman–Crippen MR) is 86.1 cm³/mol. The Morgan fingerprint density at radius 3 is 2.52 bits per heavy atom. The van der Waals surface area contributed by atoms with E-state index in [0.29, 0.717) is 11.7 Å². The van der Waals surface area contributed by atoms with E-state index >= 15 is 0 Å². The number of piperazine rings is 1. The summed E-state index contributed by atoms with van der Waals surface area (Å²) >= 11 is 0. The van der Waals surface area contributed by atoms with E-state index in [1.165, 1.54) is 25.7 Å². The van der Waals surface area contributed by atoms with Crippen LogP contribution in [0.15, 0.2) is 18.2 Å². The molecule has 0 amide bonds. The summed E-state index contributed by atoms with van der Waals surface area (Å²) in [4.78, 5) is 15.1. The maximum absolute atomic E-state index is 13.8. The van der Waals surface area contributed by atoms with Gasteiger partial charge in [-0.3, -0.25) is 15.0 Å². The van der Waals surface area contributed by atoms with Crippen LogP contribution in [0.2, 0.25) is 0 Å². The minimum absolute atomic E-state index is 0.388. The van der Waals surface area contributed by atoms with Crippen LogP contribution in [0, 0.1) is 27.8 Å². The fraction of sp³-hybridized carbons (Fsp3) is 0.647. The molecule has 1 aromatic carbocycles. The average Bonchev–Trinajstić information content (AvgIpc) is 3.17. The molecule has 0 spiro atoms. The molecule has 6 heteroatoms. The van der Waals surface area contributed by atoms with Gasteiger partial charge in [-0.2, -0.15) is 4.39 Å². The zero-order chi connectivity index (χ0) is 16.0. The molecule has 5 nitrogen and oxygen atoms in total. The Morgan fingerprint density at radius 1 is 1.13 bits per heavy atom. The standard InChI is InChI=1S/C17H22FN3O2/c18-14-2-1-3-15(17(14)21(22)23)19-6-8-20(9-7-19)16-11-12-4-5-13(16)10-12/h1-3,12-13,16H,4-11H2. The van der Waals surface area contributed by atoms with E-state index in [1.807, 2.05) is 4.90 Å². The van der Waals surface area contributed by atoms with Crippen molar-refractivity contribution in [2.75, 3.05) is 31.1 Å². The molecule has 0 radical (unpaired) electrons. The lowest BCUT2D eigenvalue weighted by Crippen LogP contribution is -2.51. The Kier molecular flexibility index (Phi) is 3.71. The van der Waals surface area contributed by atoms with Gasteiger partial charge in [-0.15, -0.1) is 0 Å². The number of hydrogen-bond donors (Lipinski definition) is 0. The Hall–Kier alpha value is -1.69. The molecular formula is C17H22FN3O2. The first-order valence-corrected chi connectivity index (χ1v) is 8.55. The summed E-state index contributed by atoms with van der Waals surface area (Å²) in [5.74, 6) is 1.03.